The van der Waals surface area contributed by atoms with Gasteiger partial charge in [-0.15, -0.1) is 0 Å². The van der Waals surface area contributed by atoms with E-state index in [1.54, 1.807) is 22.5 Å². The Hall–Kier alpha value is -3.15. The largest absolute Gasteiger partial charge is 0.433 e. The fourth-order valence-electron chi connectivity index (χ4n) is 5.95. The zero-order valence-electron chi connectivity index (χ0n) is 20.7. The second kappa shape index (κ2) is 9.00. The number of hydrogen-bond acceptors (Lipinski definition) is 7. The normalized spacial score (nSPS) is 22.3. The highest BCUT2D eigenvalue weighted by Gasteiger charge is 2.42. The van der Waals surface area contributed by atoms with Crippen LogP contribution in [0, 0.1) is 5.41 Å². The third-order valence-corrected chi connectivity index (χ3v) is 8.19. The van der Waals surface area contributed by atoms with E-state index in [0.29, 0.717) is 23.6 Å². The van der Waals surface area contributed by atoms with Crippen LogP contribution in [-0.2, 0) is 18.0 Å². The van der Waals surface area contributed by atoms with Crippen LogP contribution >= 0.6 is 0 Å². The van der Waals surface area contributed by atoms with E-state index in [1.165, 1.54) is 12.3 Å². The van der Waals surface area contributed by atoms with Crippen molar-refractivity contribution >= 4 is 22.7 Å². The summed E-state index contributed by atoms with van der Waals surface area (Å²) in [5.74, 6) is 0.631. The third kappa shape index (κ3) is 4.34. The molecule has 6 rings (SSSR count). The van der Waals surface area contributed by atoms with Gasteiger partial charge in [-0.1, -0.05) is 0 Å². The van der Waals surface area contributed by atoms with Crippen LogP contribution in [0.25, 0.3) is 11.0 Å². The number of pyridine rings is 1. The number of halogens is 3. The van der Waals surface area contributed by atoms with Gasteiger partial charge in [0, 0.05) is 39.8 Å². The minimum absolute atomic E-state index is 0.0832. The van der Waals surface area contributed by atoms with Crippen LogP contribution in [0.1, 0.15) is 50.4 Å². The molecule has 3 aliphatic heterocycles. The molecule has 1 atom stereocenters. The van der Waals surface area contributed by atoms with Crippen LogP contribution in [0.3, 0.4) is 0 Å². The van der Waals surface area contributed by atoms with Crippen LogP contribution in [0.4, 0.5) is 24.8 Å². The van der Waals surface area contributed by atoms with Gasteiger partial charge in [0.25, 0.3) is 5.56 Å². The Balaban J connectivity index is 1.18. The zero-order chi connectivity index (χ0) is 25.8. The summed E-state index contributed by atoms with van der Waals surface area (Å²) in [5.41, 5.74) is 0.376. The van der Waals surface area contributed by atoms with Gasteiger partial charge in [0.2, 0.25) is 5.95 Å². The average molecular weight is 518 g/mol. The van der Waals surface area contributed by atoms with Crippen LogP contribution < -0.4 is 15.4 Å². The predicted molar refractivity (Wildman–Crippen MR) is 132 cm³/mol. The lowest BCUT2D eigenvalue weighted by molar-refractivity contribution is -0.141. The van der Waals surface area contributed by atoms with Gasteiger partial charge in [-0.25, -0.2) is 9.67 Å². The van der Waals surface area contributed by atoms with Gasteiger partial charge in [-0.2, -0.15) is 23.3 Å². The molecule has 0 saturated carbocycles. The maximum absolute atomic E-state index is 13.1. The molecule has 0 aliphatic carbocycles. The van der Waals surface area contributed by atoms with Crippen molar-refractivity contribution < 1.29 is 17.9 Å². The fourth-order valence-corrected chi connectivity index (χ4v) is 5.95. The quantitative estimate of drug-likeness (QED) is 0.524. The van der Waals surface area contributed by atoms with E-state index in [0.717, 1.165) is 76.5 Å². The summed E-state index contributed by atoms with van der Waals surface area (Å²) < 4.78 is 47.9. The highest BCUT2D eigenvalue weighted by molar-refractivity contribution is 5.75. The second-order valence-corrected chi connectivity index (χ2v) is 10.5. The van der Waals surface area contributed by atoms with E-state index in [-0.39, 0.29) is 17.2 Å². The molecule has 1 unspecified atom stereocenters. The van der Waals surface area contributed by atoms with Crippen molar-refractivity contribution in [1.82, 2.24) is 24.3 Å². The molecule has 3 saturated heterocycles. The van der Waals surface area contributed by atoms with E-state index in [2.05, 4.69) is 19.9 Å². The average Bonchev–Trinajstić information content (AvgIpc) is 3.52. The van der Waals surface area contributed by atoms with Crippen LogP contribution in [0.15, 0.2) is 29.3 Å². The first-order valence-electron chi connectivity index (χ1n) is 12.8. The third-order valence-electron chi connectivity index (χ3n) is 8.19. The summed E-state index contributed by atoms with van der Waals surface area (Å²) in [5, 5.41) is 4.94. The molecule has 37 heavy (non-hydrogen) atoms. The summed E-state index contributed by atoms with van der Waals surface area (Å²) in [6.07, 6.45) is 4.00. The lowest BCUT2D eigenvalue weighted by Gasteiger charge is -2.40. The van der Waals surface area contributed by atoms with Gasteiger partial charge in [-0.05, 0) is 56.1 Å². The van der Waals surface area contributed by atoms with Gasteiger partial charge in [-0.3, -0.25) is 9.36 Å². The summed E-state index contributed by atoms with van der Waals surface area (Å²) in [6.45, 7) is 3.75. The Morgan fingerprint density at radius 2 is 1.81 bits per heavy atom. The van der Waals surface area contributed by atoms with Crippen molar-refractivity contribution in [1.29, 1.82) is 0 Å². The summed E-state index contributed by atoms with van der Waals surface area (Å²) in [4.78, 5) is 26.0. The number of ether oxygens (including phenoxy) is 1. The number of piperidine rings is 1. The van der Waals surface area contributed by atoms with Crippen molar-refractivity contribution in [2.24, 2.45) is 12.5 Å². The van der Waals surface area contributed by atoms with Gasteiger partial charge in [0.15, 0.2) is 11.9 Å². The molecule has 3 aromatic rings. The molecule has 0 aromatic carbocycles. The molecular formula is C25H30F3N7O2. The number of hydrogen-bond donors (Lipinski definition) is 0. The molecule has 3 aliphatic rings. The number of rotatable bonds is 3. The molecule has 0 bridgehead atoms. The molecule has 6 heterocycles. The van der Waals surface area contributed by atoms with Crippen LogP contribution in [0.2, 0.25) is 0 Å². The van der Waals surface area contributed by atoms with Crippen LogP contribution in [-0.4, -0.2) is 57.1 Å². The lowest BCUT2D eigenvalue weighted by atomic mass is 9.78. The first kappa shape index (κ1) is 24.2. The molecule has 0 N–H and O–H groups in total. The maximum atomic E-state index is 13.1. The van der Waals surface area contributed by atoms with Gasteiger partial charge >= 0.3 is 6.18 Å². The summed E-state index contributed by atoms with van der Waals surface area (Å²) in [6, 6.07) is 2.56. The Labute approximate surface area is 211 Å². The van der Waals surface area contributed by atoms with Crippen molar-refractivity contribution in [2.75, 3.05) is 42.6 Å². The van der Waals surface area contributed by atoms with Crippen molar-refractivity contribution in [2.45, 2.75) is 50.9 Å². The van der Waals surface area contributed by atoms with Gasteiger partial charge in [0.05, 0.1) is 18.1 Å². The van der Waals surface area contributed by atoms with E-state index < -0.39 is 11.9 Å². The SMILES string of the molecule is Cn1c(N2CCC3(CCN(c4ccc(C(F)(F)F)nc4)C3)CC2)nc2c(cnn2C2CCCCO2)c1=O. The molecule has 198 valence electrons. The van der Waals surface area contributed by atoms with Gasteiger partial charge < -0.3 is 14.5 Å². The van der Waals surface area contributed by atoms with Crippen molar-refractivity contribution in [3.8, 4) is 0 Å². The Kier molecular flexibility index (Phi) is 5.89. The monoisotopic (exact) mass is 517 g/mol. The smallest absolute Gasteiger partial charge is 0.370 e. The van der Waals surface area contributed by atoms with Crippen molar-refractivity contribution in [3.05, 3.63) is 40.6 Å². The number of fused-ring (bicyclic) bond motifs is 1. The highest BCUT2D eigenvalue weighted by atomic mass is 19.4. The van der Waals surface area contributed by atoms with Crippen molar-refractivity contribution in [3.63, 3.8) is 0 Å². The van der Waals surface area contributed by atoms with E-state index in [4.69, 9.17) is 9.72 Å². The second-order valence-electron chi connectivity index (χ2n) is 10.5. The van der Waals surface area contributed by atoms with Crippen LogP contribution in [0.5, 0.6) is 0 Å². The Bertz CT molecular complexity index is 1340. The molecule has 1 spiro atoms. The lowest BCUT2D eigenvalue weighted by Crippen LogP contribution is -2.44. The highest BCUT2D eigenvalue weighted by Crippen LogP contribution is 2.42. The molecule has 0 radical (unpaired) electrons. The number of aromatic nitrogens is 5. The maximum Gasteiger partial charge on any atom is 0.433 e. The van der Waals surface area contributed by atoms with E-state index in [9.17, 15) is 18.0 Å². The standard InChI is InChI=1S/C25H30F3N7O2/c1-32-22(36)18-15-30-35(20-4-2-3-13-37-20)21(18)31-23(32)33-10-7-24(8-11-33)9-12-34(16-24)17-5-6-19(29-14-17)25(26,27)28/h5-6,14-15,20H,2-4,7-13,16H2,1H3. The Morgan fingerprint density at radius 1 is 1.05 bits per heavy atom. The van der Waals surface area contributed by atoms with E-state index in [1.807, 2.05) is 0 Å². The summed E-state index contributed by atoms with van der Waals surface area (Å²) >= 11 is 0. The first-order valence-corrected chi connectivity index (χ1v) is 12.8. The molecule has 3 aromatic heterocycles. The number of anilines is 2. The zero-order valence-corrected chi connectivity index (χ0v) is 20.7. The predicted octanol–water partition coefficient (Wildman–Crippen LogP) is 3.74. The molecular weight excluding hydrogens is 487 g/mol. The molecule has 9 nitrogen and oxygen atoms in total. The molecule has 3 fully saturated rings. The number of alkyl halides is 3. The fraction of sp³-hybridized carbons (Fsp3) is 0.600. The Morgan fingerprint density at radius 3 is 2.46 bits per heavy atom. The summed E-state index contributed by atoms with van der Waals surface area (Å²) in [7, 11) is 1.75. The molecule has 0 amide bonds. The minimum Gasteiger partial charge on any atom is -0.370 e. The number of nitrogens with zero attached hydrogens (tertiary/aromatic N) is 7. The van der Waals surface area contributed by atoms with Gasteiger partial charge in [0.1, 0.15) is 11.1 Å². The minimum atomic E-state index is -4.43. The topological polar surface area (TPSA) is 81.3 Å². The first-order chi connectivity index (χ1) is 17.7. The molecule has 12 heteroatoms. The van der Waals surface area contributed by atoms with E-state index >= 15 is 0 Å².